The molecular weight excluding hydrogens is 230 g/mol. The van der Waals surface area contributed by atoms with Gasteiger partial charge in [0.15, 0.2) is 0 Å². The number of nitrogens with zero attached hydrogens (tertiary/aromatic N) is 3. The van der Waals surface area contributed by atoms with Crippen LogP contribution in [0.4, 0.5) is 5.82 Å². The largest absolute Gasteiger partial charge is 0.391 e. The van der Waals surface area contributed by atoms with Gasteiger partial charge in [0.2, 0.25) is 0 Å². The zero-order chi connectivity index (χ0) is 13.1. The van der Waals surface area contributed by atoms with Gasteiger partial charge in [0, 0.05) is 19.1 Å². The van der Waals surface area contributed by atoms with Crippen LogP contribution in [-0.4, -0.2) is 59.4 Å². The van der Waals surface area contributed by atoms with E-state index in [2.05, 4.69) is 14.8 Å². The molecule has 100 valence electrons. The molecule has 0 aromatic carbocycles. The molecular formula is C13H21N3O2. The third-order valence-corrected chi connectivity index (χ3v) is 3.22. The van der Waals surface area contributed by atoms with Gasteiger partial charge in [0.25, 0.3) is 0 Å². The lowest BCUT2D eigenvalue weighted by molar-refractivity contribution is 0.191. The zero-order valence-electron chi connectivity index (χ0n) is 11.0. The normalized spacial score (nSPS) is 23.9. The molecule has 1 fully saturated rings. The maximum Gasteiger partial charge on any atom is 0.129 e. The summed E-state index contributed by atoms with van der Waals surface area (Å²) in [7, 11) is 4.06. The number of aliphatic hydroxyl groups excluding tert-OH is 2. The Morgan fingerprint density at radius 1 is 1.44 bits per heavy atom. The molecule has 18 heavy (non-hydrogen) atoms. The molecule has 2 heterocycles. The van der Waals surface area contributed by atoms with E-state index in [1.165, 1.54) is 0 Å². The van der Waals surface area contributed by atoms with E-state index in [1.54, 1.807) is 6.07 Å². The number of pyridine rings is 1. The molecule has 0 spiro atoms. The van der Waals surface area contributed by atoms with E-state index in [0.717, 1.165) is 18.8 Å². The van der Waals surface area contributed by atoms with E-state index >= 15 is 0 Å². The van der Waals surface area contributed by atoms with Gasteiger partial charge in [-0.15, -0.1) is 0 Å². The van der Waals surface area contributed by atoms with E-state index in [0.29, 0.717) is 12.2 Å². The first-order valence-electron chi connectivity index (χ1n) is 6.26. The first-order chi connectivity index (χ1) is 8.60. The minimum absolute atomic E-state index is 0.0530. The Morgan fingerprint density at radius 3 is 2.89 bits per heavy atom. The fourth-order valence-electron chi connectivity index (χ4n) is 2.48. The van der Waals surface area contributed by atoms with Crippen LogP contribution in [0.5, 0.6) is 0 Å². The Balaban J connectivity index is 2.18. The molecule has 1 saturated heterocycles. The fourth-order valence-corrected chi connectivity index (χ4v) is 2.48. The topological polar surface area (TPSA) is 59.8 Å². The van der Waals surface area contributed by atoms with E-state index in [-0.39, 0.29) is 18.8 Å². The summed E-state index contributed by atoms with van der Waals surface area (Å²) in [6.45, 7) is 1.45. The lowest BCUT2D eigenvalue weighted by Gasteiger charge is -2.27. The summed E-state index contributed by atoms with van der Waals surface area (Å²) in [5, 5.41) is 19.0. The molecule has 0 radical (unpaired) electrons. The molecule has 1 aliphatic heterocycles. The van der Waals surface area contributed by atoms with Crippen LogP contribution in [0.1, 0.15) is 12.1 Å². The van der Waals surface area contributed by atoms with Crippen LogP contribution < -0.4 is 4.90 Å². The quantitative estimate of drug-likeness (QED) is 0.793. The van der Waals surface area contributed by atoms with Gasteiger partial charge >= 0.3 is 0 Å². The standard InChI is InChI=1S/C13H21N3O2/c1-15(2)7-11-6-12(18)8-16(11)13-5-3-4-10(9-17)14-13/h3-5,11-12,17-18H,6-9H2,1-2H3. The molecule has 0 saturated carbocycles. The van der Waals surface area contributed by atoms with E-state index in [4.69, 9.17) is 5.11 Å². The molecule has 2 N–H and O–H groups in total. The highest BCUT2D eigenvalue weighted by Gasteiger charge is 2.31. The summed E-state index contributed by atoms with van der Waals surface area (Å²) >= 11 is 0. The molecule has 2 rings (SSSR count). The lowest BCUT2D eigenvalue weighted by atomic mass is 10.2. The van der Waals surface area contributed by atoms with Crippen LogP contribution in [0.15, 0.2) is 18.2 Å². The average molecular weight is 251 g/mol. The molecule has 5 nitrogen and oxygen atoms in total. The van der Waals surface area contributed by atoms with Crippen molar-refractivity contribution >= 4 is 5.82 Å². The van der Waals surface area contributed by atoms with Crippen molar-refractivity contribution in [2.24, 2.45) is 0 Å². The number of likely N-dealkylation sites (N-methyl/N-ethyl adjacent to an activating group) is 1. The summed E-state index contributed by atoms with van der Waals surface area (Å²) in [6, 6.07) is 5.90. The van der Waals surface area contributed by atoms with Gasteiger partial charge in [-0.05, 0) is 32.6 Å². The monoisotopic (exact) mass is 251 g/mol. The van der Waals surface area contributed by atoms with Gasteiger partial charge in [-0.3, -0.25) is 0 Å². The first kappa shape index (κ1) is 13.3. The third-order valence-electron chi connectivity index (χ3n) is 3.22. The van der Waals surface area contributed by atoms with Crippen molar-refractivity contribution in [3.63, 3.8) is 0 Å². The van der Waals surface area contributed by atoms with Gasteiger partial charge in [-0.1, -0.05) is 6.07 Å². The molecule has 1 aromatic heterocycles. The highest BCUT2D eigenvalue weighted by atomic mass is 16.3. The summed E-state index contributed by atoms with van der Waals surface area (Å²) in [6.07, 6.45) is 0.470. The molecule has 1 aromatic rings. The second kappa shape index (κ2) is 5.65. The van der Waals surface area contributed by atoms with Crippen LogP contribution in [0.25, 0.3) is 0 Å². The predicted octanol–water partition coefficient (Wildman–Crippen LogP) is 0.0751. The number of anilines is 1. The van der Waals surface area contributed by atoms with E-state index < -0.39 is 0 Å². The summed E-state index contributed by atoms with van der Waals surface area (Å²) in [5.74, 6) is 0.838. The second-order valence-corrected chi connectivity index (χ2v) is 5.10. The van der Waals surface area contributed by atoms with Crippen molar-refractivity contribution in [3.05, 3.63) is 23.9 Å². The van der Waals surface area contributed by atoms with Gasteiger partial charge in [0.05, 0.1) is 18.4 Å². The van der Waals surface area contributed by atoms with Gasteiger partial charge in [-0.25, -0.2) is 4.98 Å². The maximum atomic E-state index is 9.83. The summed E-state index contributed by atoms with van der Waals surface area (Å²) < 4.78 is 0. The van der Waals surface area contributed by atoms with Gasteiger partial charge in [0.1, 0.15) is 5.82 Å². The Bertz CT molecular complexity index is 398. The zero-order valence-corrected chi connectivity index (χ0v) is 11.0. The molecule has 1 aliphatic rings. The number of aliphatic hydroxyl groups is 2. The molecule has 0 aliphatic carbocycles. The van der Waals surface area contributed by atoms with Gasteiger partial charge in [-0.2, -0.15) is 0 Å². The van der Waals surface area contributed by atoms with Crippen molar-refractivity contribution < 1.29 is 10.2 Å². The van der Waals surface area contributed by atoms with Crippen LogP contribution in [0, 0.1) is 0 Å². The lowest BCUT2D eigenvalue weighted by Crippen LogP contribution is -2.38. The minimum Gasteiger partial charge on any atom is -0.391 e. The van der Waals surface area contributed by atoms with Crippen LogP contribution >= 0.6 is 0 Å². The van der Waals surface area contributed by atoms with Crippen molar-refractivity contribution in [3.8, 4) is 0 Å². The van der Waals surface area contributed by atoms with Crippen molar-refractivity contribution in [1.29, 1.82) is 0 Å². The van der Waals surface area contributed by atoms with Gasteiger partial charge < -0.3 is 20.0 Å². The van der Waals surface area contributed by atoms with Crippen molar-refractivity contribution in [2.45, 2.75) is 25.2 Å². The number of β-amino-alcohol motifs (C(OH)–C–C–N with tert-alkyl or cyclic N) is 1. The van der Waals surface area contributed by atoms with Crippen molar-refractivity contribution in [1.82, 2.24) is 9.88 Å². The fraction of sp³-hybridized carbons (Fsp3) is 0.615. The third kappa shape index (κ3) is 2.98. The Labute approximate surface area is 108 Å². The minimum atomic E-state index is -0.297. The van der Waals surface area contributed by atoms with Crippen LogP contribution in [-0.2, 0) is 6.61 Å². The Kier molecular flexibility index (Phi) is 4.16. The smallest absolute Gasteiger partial charge is 0.129 e. The average Bonchev–Trinajstić information content (AvgIpc) is 2.69. The SMILES string of the molecule is CN(C)CC1CC(O)CN1c1cccc(CO)n1. The maximum absolute atomic E-state index is 9.83. The number of hydrogen-bond acceptors (Lipinski definition) is 5. The molecule has 0 amide bonds. The predicted molar refractivity (Wildman–Crippen MR) is 70.5 cm³/mol. The second-order valence-electron chi connectivity index (χ2n) is 5.10. The van der Waals surface area contributed by atoms with E-state index in [1.807, 2.05) is 26.2 Å². The molecule has 0 bridgehead atoms. The molecule has 2 unspecified atom stereocenters. The van der Waals surface area contributed by atoms with E-state index in [9.17, 15) is 5.11 Å². The van der Waals surface area contributed by atoms with Crippen molar-refractivity contribution in [2.75, 3.05) is 32.1 Å². The summed E-state index contributed by atoms with van der Waals surface area (Å²) in [4.78, 5) is 8.66. The number of rotatable bonds is 4. The first-order valence-corrected chi connectivity index (χ1v) is 6.26. The highest BCUT2D eigenvalue weighted by Crippen LogP contribution is 2.24. The molecule has 2 atom stereocenters. The number of hydrogen-bond donors (Lipinski definition) is 2. The van der Waals surface area contributed by atoms with Crippen LogP contribution in [0.2, 0.25) is 0 Å². The molecule has 5 heteroatoms. The van der Waals surface area contributed by atoms with Crippen LogP contribution in [0.3, 0.4) is 0 Å². The highest BCUT2D eigenvalue weighted by molar-refractivity contribution is 5.42. The number of aromatic nitrogens is 1. The summed E-state index contributed by atoms with van der Waals surface area (Å²) in [5.41, 5.74) is 0.664. The Hall–Kier alpha value is -1.17. The Morgan fingerprint density at radius 2 is 2.22 bits per heavy atom.